The highest BCUT2D eigenvalue weighted by Gasteiger charge is 2.22. The van der Waals surface area contributed by atoms with Crippen LogP contribution in [0.3, 0.4) is 0 Å². The van der Waals surface area contributed by atoms with Crippen molar-refractivity contribution in [3.63, 3.8) is 0 Å². The quantitative estimate of drug-likeness (QED) is 0.788. The van der Waals surface area contributed by atoms with E-state index in [9.17, 15) is 21.6 Å². The molecule has 8 nitrogen and oxygen atoms in total. The van der Waals surface area contributed by atoms with Crippen molar-refractivity contribution < 1.29 is 21.6 Å². The summed E-state index contributed by atoms with van der Waals surface area (Å²) in [6.07, 6.45) is 1.31. The molecule has 1 heterocycles. The Morgan fingerprint density at radius 2 is 1.62 bits per heavy atom. The number of nitrogens with one attached hydrogen (secondary N) is 1. The number of rotatable bonds is 5. The Bertz CT molecular complexity index is 1050. The predicted molar refractivity (Wildman–Crippen MR) is 96.7 cm³/mol. The zero-order valence-electron chi connectivity index (χ0n) is 13.6. The second-order valence-electron chi connectivity index (χ2n) is 5.82. The number of nitrogens with zero attached hydrogens (tertiary/aromatic N) is 1. The van der Waals surface area contributed by atoms with Crippen molar-refractivity contribution in [1.82, 2.24) is 0 Å². The van der Waals surface area contributed by atoms with Crippen LogP contribution in [0.1, 0.15) is 12.8 Å². The van der Waals surface area contributed by atoms with E-state index < -0.39 is 20.0 Å². The standard InChI is InChI=1S/C16H17N3O5S2/c17-25(21,22)14-3-1-4-15(11-14)26(23,24)18-12-6-8-13(9-7-12)19-10-2-5-16(19)20/h1,3-4,6-9,11,18H,2,5,10H2,(H2,17,21,22). The summed E-state index contributed by atoms with van der Waals surface area (Å²) in [7, 11) is -8.00. The molecule has 3 rings (SSSR count). The lowest BCUT2D eigenvalue weighted by atomic mass is 10.2. The fourth-order valence-electron chi connectivity index (χ4n) is 2.66. The number of amides is 1. The van der Waals surface area contributed by atoms with Crippen molar-refractivity contribution in [2.24, 2.45) is 5.14 Å². The Morgan fingerprint density at radius 1 is 0.962 bits per heavy atom. The minimum atomic E-state index is -4.01. The van der Waals surface area contributed by atoms with E-state index in [1.54, 1.807) is 29.2 Å². The zero-order chi connectivity index (χ0) is 18.9. The first-order chi connectivity index (χ1) is 12.2. The van der Waals surface area contributed by atoms with Gasteiger partial charge in [-0.05, 0) is 48.9 Å². The number of primary sulfonamides is 1. The lowest BCUT2D eigenvalue weighted by Crippen LogP contribution is -2.23. The van der Waals surface area contributed by atoms with Crippen molar-refractivity contribution >= 4 is 37.3 Å². The SMILES string of the molecule is NS(=O)(=O)c1cccc(S(=O)(=O)Nc2ccc(N3CCCC3=O)cc2)c1. The van der Waals surface area contributed by atoms with E-state index in [1.807, 2.05) is 0 Å². The maximum atomic E-state index is 12.5. The summed E-state index contributed by atoms with van der Waals surface area (Å²) in [6, 6.07) is 11.2. The third-order valence-corrected chi connectivity index (χ3v) is 6.24. The molecule has 3 N–H and O–H groups in total. The molecule has 1 saturated heterocycles. The molecule has 26 heavy (non-hydrogen) atoms. The Morgan fingerprint density at radius 3 is 2.19 bits per heavy atom. The number of hydrogen-bond donors (Lipinski definition) is 2. The average molecular weight is 395 g/mol. The number of carbonyl (C=O) groups excluding carboxylic acids is 1. The van der Waals surface area contributed by atoms with Gasteiger partial charge in [0.05, 0.1) is 9.79 Å². The highest BCUT2D eigenvalue weighted by atomic mass is 32.2. The summed E-state index contributed by atoms with van der Waals surface area (Å²) in [5, 5.41) is 5.03. The molecule has 0 saturated carbocycles. The van der Waals surface area contributed by atoms with Crippen molar-refractivity contribution in [2.75, 3.05) is 16.2 Å². The summed E-state index contributed by atoms with van der Waals surface area (Å²) in [4.78, 5) is 12.9. The summed E-state index contributed by atoms with van der Waals surface area (Å²) in [5.74, 6) is 0.0399. The van der Waals surface area contributed by atoms with Crippen molar-refractivity contribution in [3.8, 4) is 0 Å². The lowest BCUT2D eigenvalue weighted by molar-refractivity contribution is -0.117. The first kappa shape index (κ1) is 18.4. The second kappa shape index (κ2) is 6.71. The molecule has 138 valence electrons. The van der Waals surface area contributed by atoms with Gasteiger partial charge in [0.2, 0.25) is 15.9 Å². The van der Waals surface area contributed by atoms with Crippen LogP contribution in [0, 0.1) is 0 Å². The van der Waals surface area contributed by atoms with Gasteiger partial charge in [-0.2, -0.15) is 0 Å². The lowest BCUT2D eigenvalue weighted by Gasteiger charge is -2.16. The van der Waals surface area contributed by atoms with E-state index in [1.165, 1.54) is 18.2 Å². The average Bonchev–Trinajstić information content (AvgIpc) is 3.01. The van der Waals surface area contributed by atoms with E-state index in [0.717, 1.165) is 12.5 Å². The summed E-state index contributed by atoms with van der Waals surface area (Å²) in [6.45, 7) is 0.643. The minimum Gasteiger partial charge on any atom is -0.312 e. The molecule has 1 fully saturated rings. The zero-order valence-corrected chi connectivity index (χ0v) is 15.3. The number of hydrogen-bond acceptors (Lipinski definition) is 5. The number of carbonyl (C=O) groups is 1. The monoisotopic (exact) mass is 395 g/mol. The van der Waals surface area contributed by atoms with Gasteiger partial charge in [0.1, 0.15) is 0 Å². The van der Waals surface area contributed by atoms with Crippen LogP contribution in [-0.4, -0.2) is 29.3 Å². The molecule has 0 unspecified atom stereocenters. The minimum absolute atomic E-state index is 0.0399. The van der Waals surface area contributed by atoms with E-state index in [4.69, 9.17) is 5.14 Å². The van der Waals surface area contributed by atoms with Crippen LogP contribution in [0.5, 0.6) is 0 Å². The molecule has 1 aliphatic rings. The molecular formula is C16H17N3O5S2. The van der Waals surface area contributed by atoms with Gasteiger partial charge in [-0.25, -0.2) is 22.0 Å². The van der Waals surface area contributed by atoms with Gasteiger partial charge in [-0.1, -0.05) is 6.07 Å². The van der Waals surface area contributed by atoms with Gasteiger partial charge in [0.25, 0.3) is 10.0 Å². The van der Waals surface area contributed by atoms with Crippen LogP contribution in [-0.2, 0) is 24.8 Å². The third kappa shape index (κ3) is 3.87. The predicted octanol–water partition coefficient (Wildman–Crippen LogP) is 1.26. The third-order valence-electron chi connectivity index (χ3n) is 3.95. The van der Waals surface area contributed by atoms with E-state index in [2.05, 4.69) is 4.72 Å². The fourth-order valence-corrected chi connectivity index (χ4v) is 4.40. The van der Waals surface area contributed by atoms with Gasteiger partial charge in [-0.15, -0.1) is 0 Å². The molecule has 2 aromatic rings. The van der Waals surface area contributed by atoms with E-state index >= 15 is 0 Å². The summed E-state index contributed by atoms with van der Waals surface area (Å²) in [5.41, 5.74) is 0.994. The van der Waals surface area contributed by atoms with Crippen LogP contribution in [0.2, 0.25) is 0 Å². The molecule has 0 aromatic heterocycles. The Kier molecular flexibility index (Phi) is 4.74. The topological polar surface area (TPSA) is 127 Å². The highest BCUT2D eigenvalue weighted by molar-refractivity contribution is 7.93. The van der Waals surface area contributed by atoms with Crippen molar-refractivity contribution in [1.29, 1.82) is 0 Å². The molecule has 1 aliphatic heterocycles. The molecule has 1 amide bonds. The largest absolute Gasteiger partial charge is 0.312 e. The molecule has 0 radical (unpaired) electrons. The number of benzene rings is 2. The van der Waals surface area contributed by atoms with Crippen LogP contribution in [0.15, 0.2) is 58.3 Å². The Hall–Kier alpha value is -2.43. The van der Waals surface area contributed by atoms with Crippen LogP contribution >= 0.6 is 0 Å². The fraction of sp³-hybridized carbons (Fsp3) is 0.188. The maximum Gasteiger partial charge on any atom is 0.261 e. The van der Waals surface area contributed by atoms with Crippen LogP contribution in [0.4, 0.5) is 11.4 Å². The molecule has 10 heteroatoms. The molecule has 0 atom stereocenters. The van der Waals surface area contributed by atoms with E-state index in [-0.39, 0.29) is 15.7 Å². The summed E-state index contributed by atoms with van der Waals surface area (Å²) >= 11 is 0. The van der Waals surface area contributed by atoms with Crippen molar-refractivity contribution in [2.45, 2.75) is 22.6 Å². The molecule has 0 spiro atoms. The second-order valence-corrected chi connectivity index (χ2v) is 9.06. The van der Waals surface area contributed by atoms with Gasteiger partial charge < -0.3 is 4.90 Å². The van der Waals surface area contributed by atoms with E-state index in [0.29, 0.717) is 24.3 Å². The Labute approximate surface area is 151 Å². The number of sulfonamides is 2. The Balaban J connectivity index is 1.83. The number of nitrogens with two attached hydrogens (primary N) is 1. The van der Waals surface area contributed by atoms with Gasteiger partial charge >= 0.3 is 0 Å². The molecular weight excluding hydrogens is 378 g/mol. The maximum absolute atomic E-state index is 12.5. The summed E-state index contributed by atoms with van der Waals surface area (Å²) < 4.78 is 50.1. The molecule has 2 aromatic carbocycles. The van der Waals surface area contributed by atoms with Crippen LogP contribution < -0.4 is 14.8 Å². The normalized spacial score (nSPS) is 15.3. The van der Waals surface area contributed by atoms with Crippen LogP contribution in [0.25, 0.3) is 0 Å². The number of anilines is 2. The highest BCUT2D eigenvalue weighted by Crippen LogP contribution is 2.24. The van der Waals surface area contributed by atoms with Gasteiger partial charge in [-0.3, -0.25) is 9.52 Å². The van der Waals surface area contributed by atoms with Gasteiger partial charge in [0.15, 0.2) is 0 Å². The molecule has 0 bridgehead atoms. The first-order valence-corrected chi connectivity index (χ1v) is 10.8. The smallest absolute Gasteiger partial charge is 0.261 e. The van der Waals surface area contributed by atoms with Gasteiger partial charge in [0, 0.05) is 24.3 Å². The molecule has 0 aliphatic carbocycles. The first-order valence-electron chi connectivity index (χ1n) is 7.73. The van der Waals surface area contributed by atoms with Crippen molar-refractivity contribution in [3.05, 3.63) is 48.5 Å².